The molecule has 5 heterocycles. The van der Waals surface area contributed by atoms with Crippen molar-refractivity contribution >= 4 is 39.1 Å². The third-order valence-corrected chi connectivity index (χ3v) is 10.2. The lowest BCUT2D eigenvalue weighted by Crippen LogP contribution is -2.64. The van der Waals surface area contributed by atoms with Gasteiger partial charge in [0.2, 0.25) is 0 Å². The maximum absolute atomic E-state index is 17.9. The minimum Gasteiger partial charge on any atom is -0.354 e. The van der Waals surface area contributed by atoms with Gasteiger partial charge in [0.25, 0.3) is 11.5 Å². The van der Waals surface area contributed by atoms with E-state index in [0.29, 0.717) is 57.8 Å². The number of benzene rings is 2. The fourth-order valence-electron chi connectivity index (χ4n) is 7.69. The molecular formula is C36H37F2N7O2. The van der Waals surface area contributed by atoms with Gasteiger partial charge in [-0.15, -0.1) is 0 Å². The first-order valence-corrected chi connectivity index (χ1v) is 16.3. The molecule has 2 atom stereocenters. The van der Waals surface area contributed by atoms with E-state index in [1.165, 1.54) is 15.5 Å². The summed E-state index contributed by atoms with van der Waals surface area (Å²) in [7, 11) is 1.57. The lowest BCUT2D eigenvalue weighted by molar-refractivity contribution is -0.120. The summed E-state index contributed by atoms with van der Waals surface area (Å²) < 4.78 is 36.1. The lowest BCUT2D eigenvalue weighted by atomic mass is 9.91. The summed E-state index contributed by atoms with van der Waals surface area (Å²) in [5.41, 5.74) is 4.06. The predicted molar refractivity (Wildman–Crippen MR) is 180 cm³/mol. The van der Waals surface area contributed by atoms with Crippen molar-refractivity contribution in [1.29, 1.82) is 0 Å². The van der Waals surface area contributed by atoms with Crippen molar-refractivity contribution in [1.82, 2.24) is 25.1 Å². The number of hydrogen-bond acceptors (Lipinski definition) is 6. The number of H-pyrrole nitrogens is 1. The van der Waals surface area contributed by atoms with E-state index in [2.05, 4.69) is 20.5 Å². The van der Waals surface area contributed by atoms with Gasteiger partial charge >= 0.3 is 0 Å². The molecule has 2 N–H and O–H groups in total. The smallest absolute Gasteiger partial charge is 0.281 e. The Labute approximate surface area is 270 Å². The number of aromatic nitrogens is 4. The minimum atomic E-state index is -0.837. The first-order chi connectivity index (χ1) is 22.5. The summed E-state index contributed by atoms with van der Waals surface area (Å²) in [6.07, 6.45) is 3.61. The van der Waals surface area contributed by atoms with E-state index >= 15 is 8.78 Å². The van der Waals surface area contributed by atoms with Gasteiger partial charge in [-0.05, 0) is 68.9 Å². The second kappa shape index (κ2) is 10.4. The molecule has 2 fully saturated rings. The normalized spacial score (nSPS) is 19.6. The molecule has 0 radical (unpaired) electrons. The number of amides is 1. The predicted octanol–water partition coefficient (Wildman–Crippen LogP) is 5.97. The maximum Gasteiger partial charge on any atom is 0.281 e. The number of carbonyl (C=O) groups excluding carboxylic acids is 1. The molecule has 2 aromatic carbocycles. The Balaban J connectivity index is 1.57. The van der Waals surface area contributed by atoms with Crippen LogP contribution in [0.1, 0.15) is 68.0 Å². The van der Waals surface area contributed by atoms with Crippen LogP contribution in [0.5, 0.6) is 0 Å². The van der Waals surface area contributed by atoms with Crippen LogP contribution < -0.4 is 20.7 Å². The van der Waals surface area contributed by atoms with Crippen LogP contribution in [-0.2, 0) is 4.79 Å². The first-order valence-electron chi connectivity index (χ1n) is 16.3. The Hall–Kier alpha value is -4.64. The number of nitrogens with one attached hydrogen (secondary N) is 2. The van der Waals surface area contributed by atoms with Gasteiger partial charge in [0.05, 0.1) is 39.4 Å². The zero-order chi connectivity index (χ0) is 33.0. The van der Waals surface area contributed by atoms with Crippen LogP contribution in [0.3, 0.4) is 0 Å². The fourth-order valence-corrected chi connectivity index (χ4v) is 7.69. The number of halogens is 2. The number of carbonyl (C=O) groups is 1. The third kappa shape index (κ3) is 4.21. The number of anilines is 2. The molecule has 8 rings (SSSR count). The van der Waals surface area contributed by atoms with Crippen LogP contribution in [-0.4, -0.2) is 57.9 Å². The Morgan fingerprint density at radius 3 is 2.49 bits per heavy atom. The second-order valence-corrected chi connectivity index (χ2v) is 13.7. The molecule has 9 nitrogen and oxygen atoms in total. The van der Waals surface area contributed by atoms with Gasteiger partial charge in [-0.3, -0.25) is 24.2 Å². The molecule has 11 heteroatoms. The molecule has 0 bridgehead atoms. The molecule has 5 aromatic rings. The standard InChI is InChI=1S/C36H37F2N7O2/c1-16(2)29-31(18(4)11-12-39-29)45-32-21(33-34(36(45)47)43(6)35(46)24-14-40-19(5)15-44(24)33)13-22(37)26(28(32)38)25-17(3)7-10-23-27(25)30(42-41-23)20-8-9-20/h7,10-13,16,19-20,24,40H,8-9,14-15H2,1-6H3,(H,41,42)/t19-,24-/m1/s1. The largest absolute Gasteiger partial charge is 0.354 e. The molecule has 47 heavy (non-hydrogen) atoms. The quantitative estimate of drug-likeness (QED) is 0.252. The highest BCUT2D eigenvalue weighted by Crippen LogP contribution is 2.48. The molecule has 3 aliphatic rings. The fraction of sp³-hybridized carbons (Fsp3) is 0.389. The molecule has 0 unspecified atom stereocenters. The van der Waals surface area contributed by atoms with Gasteiger partial charge < -0.3 is 15.1 Å². The molecule has 1 amide bonds. The molecule has 1 saturated heterocycles. The average Bonchev–Trinajstić information content (AvgIpc) is 3.79. The lowest BCUT2D eigenvalue weighted by Gasteiger charge is -2.46. The highest BCUT2D eigenvalue weighted by Gasteiger charge is 2.44. The van der Waals surface area contributed by atoms with Crippen LogP contribution in [0.4, 0.5) is 20.2 Å². The SMILES string of the molecule is Cc1ccnc(C(C)C)c1-n1c(=O)c2c(c3cc(F)c(-c4c(C)ccc5[nH]nc(C6CC6)c45)c(F)c31)N1C[C@@H](C)NC[C@@H]1C(=O)N2C. The summed E-state index contributed by atoms with van der Waals surface area (Å²) in [5.74, 6) is -1.72. The van der Waals surface area contributed by atoms with Crippen molar-refractivity contribution in [3.05, 3.63) is 75.0 Å². The molecular weight excluding hydrogens is 600 g/mol. The van der Waals surface area contributed by atoms with E-state index < -0.39 is 23.2 Å². The molecule has 242 valence electrons. The summed E-state index contributed by atoms with van der Waals surface area (Å²) in [5, 5.41) is 11.9. The Morgan fingerprint density at radius 1 is 1.00 bits per heavy atom. The van der Waals surface area contributed by atoms with Crippen LogP contribution in [0.15, 0.2) is 35.3 Å². The topological polar surface area (TPSA) is 99.1 Å². The molecule has 3 aromatic heterocycles. The van der Waals surface area contributed by atoms with Crippen LogP contribution >= 0.6 is 0 Å². The van der Waals surface area contributed by atoms with E-state index in [-0.39, 0.29) is 45.9 Å². The van der Waals surface area contributed by atoms with E-state index in [9.17, 15) is 9.59 Å². The number of nitrogens with zero attached hydrogens (tertiary/aromatic N) is 5. The first kappa shape index (κ1) is 29.7. The summed E-state index contributed by atoms with van der Waals surface area (Å²) in [6.45, 7) is 10.3. The van der Waals surface area contributed by atoms with Gasteiger partial charge in [0, 0.05) is 54.6 Å². The minimum absolute atomic E-state index is 0.0166. The molecule has 0 spiro atoms. The second-order valence-electron chi connectivity index (χ2n) is 13.7. The van der Waals surface area contributed by atoms with Crippen molar-refractivity contribution in [2.24, 2.45) is 0 Å². The highest BCUT2D eigenvalue weighted by molar-refractivity contribution is 6.13. The van der Waals surface area contributed by atoms with Crippen molar-refractivity contribution in [3.63, 3.8) is 0 Å². The van der Waals surface area contributed by atoms with Gasteiger partial charge in [-0.1, -0.05) is 19.9 Å². The zero-order valence-electron chi connectivity index (χ0n) is 27.3. The Kier molecular flexibility index (Phi) is 6.60. The maximum atomic E-state index is 17.9. The van der Waals surface area contributed by atoms with Crippen LogP contribution in [0.25, 0.3) is 38.6 Å². The summed E-state index contributed by atoms with van der Waals surface area (Å²) >= 11 is 0. The molecule has 1 saturated carbocycles. The van der Waals surface area contributed by atoms with E-state index in [1.54, 1.807) is 19.3 Å². The molecule has 1 aliphatic carbocycles. The van der Waals surface area contributed by atoms with Gasteiger partial charge in [-0.25, -0.2) is 8.78 Å². The van der Waals surface area contributed by atoms with E-state index in [1.807, 2.05) is 51.7 Å². The average molecular weight is 638 g/mol. The van der Waals surface area contributed by atoms with Crippen molar-refractivity contribution in [2.45, 2.75) is 71.4 Å². The highest BCUT2D eigenvalue weighted by atomic mass is 19.1. The molecule has 2 aliphatic heterocycles. The summed E-state index contributed by atoms with van der Waals surface area (Å²) in [4.78, 5) is 36.5. The number of fused-ring (bicyclic) bond motifs is 6. The number of likely N-dealkylation sites (N-methyl/N-ethyl adjacent to an activating group) is 1. The Morgan fingerprint density at radius 2 is 1.77 bits per heavy atom. The number of aryl methyl sites for hydroxylation is 2. The van der Waals surface area contributed by atoms with Gasteiger partial charge in [0.15, 0.2) is 5.82 Å². The Bertz CT molecular complexity index is 2220. The van der Waals surface area contributed by atoms with E-state index in [4.69, 9.17) is 0 Å². The van der Waals surface area contributed by atoms with Gasteiger partial charge in [0.1, 0.15) is 17.5 Å². The number of hydrogen-bond donors (Lipinski definition) is 2. The summed E-state index contributed by atoms with van der Waals surface area (Å²) in [6, 6.07) is 6.22. The van der Waals surface area contributed by atoms with Crippen molar-refractivity contribution < 1.29 is 13.6 Å². The van der Waals surface area contributed by atoms with Crippen LogP contribution in [0.2, 0.25) is 0 Å². The monoisotopic (exact) mass is 637 g/mol. The zero-order valence-corrected chi connectivity index (χ0v) is 27.3. The van der Waals surface area contributed by atoms with E-state index in [0.717, 1.165) is 18.5 Å². The third-order valence-electron chi connectivity index (χ3n) is 10.2. The van der Waals surface area contributed by atoms with Gasteiger partial charge in [-0.2, -0.15) is 5.10 Å². The number of pyridine rings is 2. The number of aromatic amines is 1. The number of rotatable bonds is 4. The van der Waals surface area contributed by atoms with Crippen molar-refractivity contribution in [3.8, 4) is 16.8 Å². The van der Waals surface area contributed by atoms with Crippen molar-refractivity contribution in [2.75, 3.05) is 29.9 Å². The van der Waals surface area contributed by atoms with Crippen LogP contribution in [0, 0.1) is 25.5 Å². The number of piperazine rings is 1.